The average Bonchev–Trinajstić information content (AvgIpc) is 3.06. The summed E-state index contributed by atoms with van der Waals surface area (Å²) < 4.78 is 68.4. The fraction of sp³-hybridized carbons (Fsp3) is 0.211. The standard InChI is InChI=1S/C19H18F3N3O3S2/c20-19(21,22)13-25-17(14-4-2-1-3-5-14)12-24-18(25)29-11-10-28-15-6-8-16(9-7-15)30(23,26)27/h1-9,12H,10-11,13H2,(H2,23,26,27). The quantitative estimate of drug-likeness (QED) is 0.409. The van der Waals surface area contributed by atoms with Gasteiger partial charge < -0.3 is 9.30 Å². The number of hydrogen-bond donors (Lipinski definition) is 1. The van der Waals surface area contributed by atoms with Crippen molar-refractivity contribution >= 4 is 21.8 Å². The zero-order chi connectivity index (χ0) is 21.8. The van der Waals surface area contributed by atoms with E-state index >= 15 is 0 Å². The van der Waals surface area contributed by atoms with Crippen LogP contribution in [0.1, 0.15) is 0 Å². The molecule has 2 aromatic carbocycles. The lowest BCUT2D eigenvalue weighted by atomic mass is 10.2. The SMILES string of the molecule is NS(=O)(=O)c1ccc(OCCSc2ncc(-c3ccccc3)n2CC(F)(F)F)cc1. The van der Waals surface area contributed by atoms with Crippen molar-refractivity contribution in [2.24, 2.45) is 5.14 Å². The van der Waals surface area contributed by atoms with E-state index in [1.165, 1.54) is 30.5 Å². The van der Waals surface area contributed by atoms with Gasteiger partial charge in [-0.2, -0.15) is 13.2 Å². The molecule has 0 aliphatic carbocycles. The molecule has 2 N–H and O–H groups in total. The highest BCUT2D eigenvalue weighted by molar-refractivity contribution is 7.99. The minimum atomic E-state index is -4.39. The third-order valence-electron chi connectivity index (χ3n) is 3.96. The number of benzene rings is 2. The number of sulfonamides is 1. The van der Waals surface area contributed by atoms with Crippen LogP contribution in [-0.2, 0) is 16.6 Å². The van der Waals surface area contributed by atoms with E-state index in [4.69, 9.17) is 9.88 Å². The van der Waals surface area contributed by atoms with Crippen molar-refractivity contribution in [1.82, 2.24) is 9.55 Å². The number of halogens is 3. The molecular formula is C19H18F3N3O3S2. The Kier molecular flexibility index (Phi) is 6.74. The van der Waals surface area contributed by atoms with Gasteiger partial charge in [0.1, 0.15) is 12.3 Å². The molecule has 0 saturated heterocycles. The second-order valence-corrected chi connectivity index (χ2v) is 8.83. The average molecular weight is 457 g/mol. The maximum Gasteiger partial charge on any atom is 0.406 e. The largest absolute Gasteiger partial charge is 0.493 e. The molecule has 0 amide bonds. The minimum Gasteiger partial charge on any atom is -0.493 e. The summed E-state index contributed by atoms with van der Waals surface area (Å²) in [5.74, 6) is 0.770. The van der Waals surface area contributed by atoms with E-state index in [1.54, 1.807) is 30.3 Å². The third kappa shape index (κ3) is 6.00. The number of hydrogen-bond acceptors (Lipinski definition) is 5. The number of alkyl halides is 3. The van der Waals surface area contributed by atoms with E-state index in [9.17, 15) is 21.6 Å². The van der Waals surface area contributed by atoms with Crippen molar-refractivity contribution in [3.8, 4) is 17.0 Å². The van der Waals surface area contributed by atoms with E-state index in [2.05, 4.69) is 4.98 Å². The van der Waals surface area contributed by atoms with E-state index in [-0.39, 0.29) is 16.7 Å². The van der Waals surface area contributed by atoms with Crippen molar-refractivity contribution in [3.05, 3.63) is 60.8 Å². The van der Waals surface area contributed by atoms with Crippen molar-refractivity contribution in [3.63, 3.8) is 0 Å². The number of ether oxygens (including phenoxy) is 1. The molecule has 0 bridgehead atoms. The molecule has 0 aliphatic heterocycles. The predicted octanol–water partition coefficient (Wildman–Crippen LogP) is 3.93. The zero-order valence-electron chi connectivity index (χ0n) is 15.5. The second-order valence-electron chi connectivity index (χ2n) is 6.21. The highest BCUT2D eigenvalue weighted by Gasteiger charge is 2.30. The highest BCUT2D eigenvalue weighted by Crippen LogP contribution is 2.30. The molecule has 11 heteroatoms. The maximum absolute atomic E-state index is 13.1. The summed E-state index contributed by atoms with van der Waals surface area (Å²) >= 11 is 1.14. The van der Waals surface area contributed by atoms with Gasteiger partial charge in [-0.15, -0.1) is 0 Å². The van der Waals surface area contributed by atoms with Crippen LogP contribution in [0.25, 0.3) is 11.3 Å². The summed E-state index contributed by atoms with van der Waals surface area (Å²) in [6, 6.07) is 14.3. The molecule has 6 nitrogen and oxygen atoms in total. The van der Waals surface area contributed by atoms with Crippen molar-refractivity contribution in [2.45, 2.75) is 22.8 Å². The van der Waals surface area contributed by atoms with Gasteiger partial charge in [-0.3, -0.25) is 0 Å². The van der Waals surface area contributed by atoms with Gasteiger partial charge in [0, 0.05) is 5.75 Å². The fourth-order valence-corrected chi connectivity index (χ4v) is 3.97. The normalized spacial score (nSPS) is 12.1. The van der Waals surface area contributed by atoms with Crippen molar-refractivity contribution in [2.75, 3.05) is 12.4 Å². The Bertz CT molecular complexity index is 1080. The first-order valence-corrected chi connectivity index (χ1v) is 11.2. The Hall–Kier alpha value is -2.50. The van der Waals surface area contributed by atoms with Gasteiger partial charge in [0.05, 0.1) is 23.4 Å². The molecule has 0 spiro atoms. The minimum absolute atomic E-state index is 0.0353. The summed E-state index contributed by atoms with van der Waals surface area (Å²) in [6.45, 7) is -0.950. The van der Waals surface area contributed by atoms with Crippen LogP contribution in [0.15, 0.2) is 70.8 Å². The van der Waals surface area contributed by atoms with Crippen LogP contribution >= 0.6 is 11.8 Å². The molecular weight excluding hydrogens is 439 g/mol. The number of rotatable bonds is 8. The molecule has 1 aromatic heterocycles. The molecule has 30 heavy (non-hydrogen) atoms. The first-order chi connectivity index (χ1) is 14.1. The Balaban J connectivity index is 1.66. The first kappa shape index (κ1) is 22.2. The summed E-state index contributed by atoms with van der Waals surface area (Å²) in [5, 5.41) is 5.27. The highest BCUT2D eigenvalue weighted by atomic mass is 32.2. The number of thioether (sulfide) groups is 1. The fourth-order valence-electron chi connectivity index (χ4n) is 2.66. The van der Waals surface area contributed by atoms with Crippen LogP contribution in [0, 0.1) is 0 Å². The van der Waals surface area contributed by atoms with Crippen molar-refractivity contribution in [1.29, 1.82) is 0 Å². The Labute approximate surface area is 175 Å². The monoisotopic (exact) mass is 457 g/mol. The van der Waals surface area contributed by atoms with Crippen LogP contribution in [0.3, 0.4) is 0 Å². The molecule has 0 saturated carbocycles. The molecule has 3 rings (SSSR count). The molecule has 0 radical (unpaired) electrons. The summed E-state index contributed by atoms with van der Waals surface area (Å²) in [7, 11) is -3.78. The van der Waals surface area contributed by atoms with Crippen LogP contribution in [0.4, 0.5) is 13.2 Å². The van der Waals surface area contributed by atoms with E-state index in [0.29, 0.717) is 22.8 Å². The first-order valence-electron chi connectivity index (χ1n) is 8.70. The van der Waals surface area contributed by atoms with Gasteiger partial charge in [-0.05, 0) is 29.8 Å². The van der Waals surface area contributed by atoms with Gasteiger partial charge in [-0.25, -0.2) is 18.5 Å². The molecule has 0 unspecified atom stereocenters. The maximum atomic E-state index is 13.1. The molecule has 1 heterocycles. The summed E-state index contributed by atoms with van der Waals surface area (Å²) in [5.41, 5.74) is 1.03. The second kappa shape index (κ2) is 9.11. The van der Waals surface area contributed by atoms with Crippen LogP contribution in [0.2, 0.25) is 0 Å². The Morgan fingerprint density at radius 2 is 1.73 bits per heavy atom. The van der Waals surface area contributed by atoms with Crippen molar-refractivity contribution < 1.29 is 26.3 Å². The Morgan fingerprint density at radius 1 is 1.07 bits per heavy atom. The van der Waals surface area contributed by atoms with Crippen LogP contribution in [0.5, 0.6) is 5.75 Å². The molecule has 0 fully saturated rings. The van der Waals surface area contributed by atoms with Gasteiger partial charge in [0.15, 0.2) is 5.16 Å². The van der Waals surface area contributed by atoms with Gasteiger partial charge in [0.2, 0.25) is 10.0 Å². The molecule has 0 aliphatic rings. The summed E-state index contributed by atoms with van der Waals surface area (Å²) in [6.07, 6.45) is -2.96. The number of nitrogens with two attached hydrogens (primary N) is 1. The number of nitrogens with zero attached hydrogens (tertiary/aromatic N) is 2. The summed E-state index contributed by atoms with van der Waals surface area (Å²) in [4.78, 5) is 4.11. The number of imidazole rings is 1. The van der Waals surface area contributed by atoms with Crippen LogP contribution in [-0.4, -0.2) is 36.5 Å². The number of aromatic nitrogens is 2. The Morgan fingerprint density at radius 3 is 2.33 bits per heavy atom. The van der Waals surface area contributed by atoms with E-state index in [1.807, 2.05) is 0 Å². The lowest BCUT2D eigenvalue weighted by molar-refractivity contribution is -0.141. The predicted molar refractivity (Wildman–Crippen MR) is 108 cm³/mol. The van der Waals surface area contributed by atoms with E-state index < -0.39 is 22.7 Å². The lowest BCUT2D eigenvalue weighted by Crippen LogP contribution is -2.19. The van der Waals surface area contributed by atoms with E-state index in [0.717, 1.165) is 16.3 Å². The third-order valence-corrected chi connectivity index (χ3v) is 5.85. The topological polar surface area (TPSA) is 87.2 Å². The van der Waals surface area contributed by atoms with Gasteiger partial charge >= 0.3 is 6.18 Å². The lowest BCUT2D eigenvalue weighted by Gasteiger charge is -2.14. The number of primary sulfonamides is 1. The molecule has 3 aromatic rings. The molecule has 160 valence electrons. The van der Waals surface area contributed by atoms with Gasteiger partial charge in [0.25, 0.3) is 0 Å². The molecule has 0 atom stereocenters. The van der Waals surface area contributed by atoms with Gasteiger partial charge in [-0.1, -0.05) is 42.1 Å². The smallest absolute Gasteiger partial charge is 0.406 e. The van der Waals surface area contributed by atoms with Crippen LogP contribution < -0.4 is 9.88 Å². The zero-order valence-corrected chi connectivity index (χ0v) is 17.2.